The molecule has 0 atom stereocenters. The van der Waals surface area contributed by atoms with Crippen molar-refractivity contribution >= 4 is 17.2 Å². The Morgan fingerprint density at radius 2 is 1.81 bits per heavy atom. The van der Waals surface area contributed by atoms with Crippen molar-refractivity contribution in [1.29, 1.82) is 0 Å². The summed E-state index contributed by atoms with van der Waals surface area (Å²) < 4.78 is 5.64. The second kappa shape index (κ2) is 8.82. The van der Waals surface area contributed by atoms with Gasteiger partial charge in [-0.15, -0.1) is 11.3 Å². The molecule has 5 heteroatoms. The van der Waals surface area contributed by atoms with Gasteiger partial charge >= 0.3 is 0 Å². The van der Waals surface area contributed by atoms with Gasteiger partial charge in [-0.1, -0.05) is 43.7 Å². The van der Waals surface area contributed by atoms with E-state index in [0.29, 0.717) is 24.6 Å². The molecule has 0 spiro atoms. The van der Waals surface area contributed by atoms with Crippen LogP contribution in [-0.2, 0) is 6.54 Å². The van der Waals surface area contributed by atoms with Crippen molar-refractivity contribution in [3.05, 3.63) is 70.7 Å². The molecule has 3 rings (SSSR count). The van der Waals surface area contributed by atoms with Gasteiger partial charge in [0.1, 0.15) is 10.8 Å². The van der Waals surface area contributed by atoms with Crippen LogP contribution < -0.4 is 10.1 Å². The summed E-state index contributed by atoms with van der Waals surface area (Å²) in [6.45, 7) is 7.34. The van der Waals surface area contributed by atoms with Gasteiger partial charge in [-0.2, -0.15) is 0 Å². The smallest absolute Gasteiger partial charge is 0.251 e. The van der Waals surface area contributed by atoms with Gasteiger partial charge in [0.05, 0.1) is 18.8 Å². The number of carbonyl (C=O) groups excluding carboxylic acids is 1. The lowest BCUT2D eigenvalue weighted by Crippen LogP contribution is -2.22. The van der Waals surface area contributed by atoms with Gasteiger partial charge in [-0.05, 0) is 37.1 Å². The number of carbonyl (C=O) groups is 1. The third-order valence-electron chi connectivity index (χ3n) is 3.98. The number of nitrogens with zero attached hydrogens (tertiary/aromatic N) is 1. The van der Waals surface area contributed by atoms with E-state index in [1.165, 1.54) is 5.56 Å². The van der Waals surface area contributed by atoms with Crippen LogP contribution >= 0.6 is 11.3 Å². The molecule has 4 nitrogen and oxygen atoms in total. The summed E-state index contributed by atoms with van der Waals surface area (Å²) in [5.74, 6) is 1.13. The van der Waals surface area contributed by atoms with Gasteiger partial charge < -0.3 is 10.1 Å². The largest absolute Gasteiger partial charge is 0.493 e. The number of aryl methyl sites for hydroxylation is 1. The minimum absolute atomic E-state index is 0.115. The fraction of sp³-hybridized carbons (Fsp3) is 0.273. The van der Waals surface area contributed by atoms with Crippen LogP contribution in [-0.4, -0.2) is 17.5 Å². The number of thiazole rings is 1. The fourth-order valence-electron chi connectivity index (χ4n) is 2.46. The Kier molecular flexibility index (Phi) is 6.24. The van der Waals surface area contributed by atoms with Crippen molar-refractivity contribution in [2.24, 2.45) is 5.92 Å². The molecule has 0 saturated carbocycles. The number of rotatable bonds is 7. The molecule has 1 N–H and O–H groups in total. The lowest BCUT2D eigenvalue weighted by atomic mass is 10.2. The van der Waals surface area contributed by atoms with Crippen LogP contribution in [0.3, 0.4) is 0 Å². The Balaban J connectivity index is 1.55. The highest BCUT2D eigenvalue weighted by Crippen LogP contribution is 2.24. The molecule has 1 heterocycles. The van der Waals surface area contributed by atoms with Crippen LogP contribution in [0.25, 0.3) is 10.6 Å². The minimum atomic E-state index is -0.115. The van der Waals surface area contributed by atoms with E-state index in [2.05, 4.69) is 55.3 Å². The van der Waals surface area contributed by atoms with Crippen LogP contribution in [0.15, 0.2) is 53.9 Å². The Hall–Kier alpha value is -2.66. The maximum absolute atomic E-state index is 12.3. The fourth-order valence-corrected chi connectivity index (χ4v) is 3.28. The second-order valence-corrected chi connectivity index (χ2v) is 7.78. The molecule has 0 saturated heterocycles. The number of ether oxygens (including phenoxy) is 1. The predicted molar refractivity (Wildman–Crippen MR) is 110 cm³/mol. The molecule has 27 heavy (non-hydrogen) atoms. The highest BCUT2D eigenvalue weighted by molar-refractivity contribution is 7.13. The highest BCUT2D eigenvalue weighted by atomic mass is 32.1. The van der Waals surface area contributed by atoms with E-state index in [4.69, 9.17) is 4.74 Å². The van der Waals surface area contributed by atoms with Gasteiger partial charge in [0.25, 0.3) is 5.91 Å². The molecule has 2 aromatic carbocycles. The zero-order chi connectivity index (χ0) is 19.2. The summed E-state index contributed by atoms with van der Waals surface area (Å²) >= 11 is 1.59. The van der Waals surface area contributed by atoms with Crippen molar-refractivity contribution in [2.45, 2.75) is 27.3 Å². The molecule has 0 aliphatic carbocycles. The van der Waals surface area contributed by atoms with Gasteiger partial charge in [-0.3, -0.25) is 4.79 Å². The summed E-state index contributed by atoms with van der Waals surface area (Å²) in [5, 5.41) is 5.87. The molecule has 0 fully saturated rings. The number of hydrogen-bond donors (Lipinski definition) is 1. The van der Waals surface area contributed by atoms with E-state index in [9.17, 15) is 4.79 Å². The first kappa shape index (κ1) is 19.1. The van der Waals surface area contributed by atoms with Crippen molar-refractivity contribution in [3.8, 4) is 16.3 Å². The summed E-state index contributed by atoms with van der Waals surface area (Å²) in [5.41, 5.74) is 3.80. The summed E-state index contributed by atoms with van der Waals surface area (Å²) in [6.07, 6.45) is 0. The van der Waals surface area contributed by atoms with Gasteiger partial charge in [-0.25, -0.2) is 4.98 Å². The maximum Gasteiger partial charge on any atom is 0.251 e. The van der Waals surface area contributed by atoms with Gasteiger partial charge in [0, 0.05) is 16.5 Å². The van der Waals surface area contributed by atoms with E-state index in [1.54, 1.807) is 23.5 Å². The van der Waals surface area contributed by atoms with Crippen molar-refractivity contribution < 1.29 is 9.53 Å². The lowest BCUT2D eigenvalue weighted by molar-refractivity contribution is 0.0950. The van der Waals surface area contributed by atoms with Crippen molar-refractivity contribution in [1.82, 2.24) is 10.3 Å². The summed E-state index contributed by atoms with van der Waals surface area (Å²) in [4.78, 5) is 16.9. The summed E-state index contributed by atoms with van der Waals surface area (Å²) in [6, 6.07) is 15.5. The number of aromatic nitrogens is 1. The Bertz CT molecular complexity index is 883. The molecule has 0 radical (unpaired) electrons. The number of hydrogen-bond acceptors (Lipinski definition) is 4. The van der Waals surface area contributed by atoms with E-state index in [1.807, 2.05) is 17.5 Å². The van der Waals surface area contributed by atoms with E-state index < -0.39 is 0 Å². The Morgan fingerprint density at radius 1 is 1.11 bits per heavy atom. The molecule has 3 aromatic rings. The van der Waals surface area contributed by atoms with Crippen LogP contribution in [0.1, 0.15) is 35.5 Å². The zero-order valence-corrected chi connectivity index (χ0v) is 16.7. The molecule has 1 amide bonds. The van der Waals surface area contributed by atoms with Crippen LogP contribution in [0.4, 0.5) is 0 Å². The van der Waals surface area contributed by atoms with E-state index in [-0.39, 0.29) is 5.91 Å². The highest BCUT2D eigenvalue weighted by Gasteiger charge is 2.09. The molecule has 1 aromatic heterocycles. The molecule has 0 aliphatic heterocycles. The van der Waals surface area contributed by atoms with Crippen molar-refractivity contribution in [2.75, 3.05) is 6.61 Å². The topological polar surface area (TPSA) is 51.2 Å². The third-order valence-corrected chi connectivity index (χ3v) is 4.92. The van der Waals surface area contributed by atoms with Crippen LogP contribution in [0, 0.1) is 12.8 Å². The summed E-state index contributed by atoms with van der Waals surface area (Å²) in [7, 11) is 0. The molecule has 0 bridgehead atoms. The SMILES string of the molecule is Cc1ccc(-c2nc(CNC(=O)c3ccc(OCC(C)C)cc3)cs2)cc1. The third kappa shape index (κ3) is 5.41. The quantitative estimate of drug-likeness (QED) is 0.622. The first-order chi connectivity index (χ1) is 13.0. The van der Waals surface area contributed by atoms with Gasteiger partial charge in [0.15, 0.2) is 0 Å². The standard InChI is InChI=1S/C22H24N2O2S/c1-15(2)13-26-20-10-8-17(9-11-20)21(25)23-12-19-14-27-22(24-19)18-6-4-16(3)5-7-18/h4-11,14-15H,12-13H2,1-3H3,(H,23,25). The average Bonchev–Trinajstić information content (AvgIpc) is 3.14. The van der Waals surface area contributed by atoms with E-state index in [0.717, 1.165) is 22.0 Å². The van der Waals surface area contributed by atoms with E-state index >= 15 is 0 Å². The monoisotopic (exact) mass is 380 g/mol. The minimum Gasteiger partial charge on any atom is -0.493 e. The predicted octanol–water partition coefficient (Wildman–Crippen LogP) is 5.08. The lowest BCUT2D eigenvalue weighted by Gasteiger charge is -2.09. The molecular formula is C22H24N2O2S. The maximum atomic E-state index is 12.3. The normalized spacial score (nSPS) is 10.8. The second-order valence-electron chi connectivity index (χ2n) is 6.92. The number of benzene rings is 2. The molecule has 0 aliphatic rings. The first-order valence-electron chi connectivity index (χ1n) is 9.04. The molecular weight excluding hydrogens is 356 g/mol. The zero-order valence-electron chi connectivity index (χ0n) is 15.9. The van der Waals surface area contributed by atoms with Crippen molar-refractivity contribution in [3.63, 3.8) is 0 Å². The first-order valence-corrected chi connectivity index (χ1v) is 9.92. The van der Waals surface area contributed by atoms with Gasteiger partial charge in [0.2, 0.25) is 0 Å². The Labute approximate surface area is 164 Å². The van der Waals surface area contributed by atoms with Crippen LogP contribution in [0.2, 0.25) is 0 Å². The Morgan fingerprint density at radius 3 is 2.48 bits per heavy atom. The average molecular weight is 381 g/mol. The molecule has 140 valence electrons. The number of nitrogens with one attached hydrogen (secondary N) is 1. The van der Waals surface area contributed by atoms with Crippen LogP contribution in [0.5, 0.6) is 5.75 Å². The number of amides is 1. The molecule has 0 unspecified atom stereocenters.